The molecule has 40 heavy (non-hydrogen) atoms. The summed E-state index contributed by atoms with van der Waals surface area (Å²) in [5.74, 6) is 0.0840. The highest BCUT2D eigenvalue weighted by Gasteiger charge is 2.50. The van der Waals surface area contributed by atoms with E-state index in [1.165, 1.54) is 6.07 Å². The predicted molar refractivity (Wildman–Crippen MR) is 147 cm³/mol. The number of piperidine rings is 1. The number of ether oxygens (including phenoxy) is 2. The summed E-state index contributed by atoms with van der Waals surface area (Å²) in [6.07, 6.45) is 8.50. The van der Waals surface area contributed by atoms with Crippen LogP contribution < -0.4 is 20.9 Å². The van der Waals surface area contributed by atoms with E-state index in [1.807, 2.05) is 4.57 Å². The van der Waals surface area contributed by atoms with Crippen LogP contribution in [0, 0.1) is 5.82 Å². The number of halogens is 1. The Balaban J connectivity index is 1.16. The van der Waals surface area contributed by atoms with Gasteiger partial charge in [-0.05, 0) is 44.7 Å². The maximum Gasteiger partial charge on any atom is 0.329 e. The Bertz CT molecular complexity index is 1710. The number of benzene rings is 1. The molecule has 3 aromatic heterocycles. The van der Waals surface area contributed by atoms with Crippen molar-refractivity contribution in [3.63, 3.8) is 0 Å². The predicted octanol–water partition coefficient (Wildman–Crippen LogP) is 3.08. The lowest BCUT2D eigenvalue weighted by atomic mass is 10.0. The van der Waals surface area contributed by atoms with Gasteiger partial charge in [0.2, 0.25) is 11.8 Å². The van der Waals surface area contributed by atoms with Gasteiger partial charge in [0.1, 0.15) is 18.2 Å². The molecule has 1 unspecified atom stereocenters. The SMILES string of the molecule is Cn1c(=O)n2c3c4c(c(-c5ccc(OCCCN6CCCCC6C(N)=O)nc5)c(F)cc4ncc31)OCC21CC1. The molecule has 1 saturated carbocycles. The number of fused-ring (bicyclic) bond motifs is 1. The molecule has 1 saturated heterocycles. The number of primary amides is 1. The van der Waals surface area contributed by atoms with E-state index in [0.717, 1.165) is 57.1 Å². The summed E-state index contributed by atoms with van der Waals surface area (Å²) in [6, 6.07) is 4.68. The summed E-state index contributed by atoms with van der Waals surface area (Å²) in [6.45, 7) is 2.31. The van der Waals surface area contributed by atoms with Gasteiger partial charge in [0.25, 0.3) is 0 Å². The lowest BCUT2D eigenvalue weighted by molar-refractivity contribution is -0.124. The Hall–Kier alpha value is -3.99. The molecule has 7 rings (SSSR count). The van der Waals surface area contributed by atoms with Crippen molar-refractivity contribution >= 4 is 27.8 Å². The molecular formula is C29H31FN6O4. The quantitative estimate of drug-likeness (QED) is 0.354. The normalized spacial score (nSPS) is 19.7. The second-order valence-electron chi connectivity index (χ2n) is 11.2. The first kappa shape index (κ1) is 25.0. The minimum Gasteiger partial charge on any atom is -0.490 e. The van der Waals surface area contributed by atoms with Gasteiger partial charge < -0.3 is 15.2 Å². The van der Waals surface area contributed by atoms with Gasteiger partial charge in [0.05, 0.1) is 51.9 Å². The molecular weight excluding hydrogens is 515 g/mol. The number of hydrogen-bond acceptors (Lipinski definition) is 7. The minimum absolute atomic E-state index is 0.113. The molecule has 2 aliphatic heterocycles. The molecule has 2 N–H and O–H groups in total. The number of amides is 1. The van der Waals surface area contributed by atoms with Gasteiger partial charge >= 0.3 is 5.69 Å². The smallest absolute Gasteiger partial charge is 0.329 e. The summed E-state index contributed by atoms with van der Waals surface area (Å²) in [5.41, 5.74) is 7.76. The van der Waals surface area contributed by atoms with Crippen LogP contribution in [0.5, 0.6) is 11.6 Å². The standard InChI is InChI=1S/C29H31FN6O4/c1-34-21-15-32-19-13-18(30)23(26-24(19)25(21)36(28(34)38)29(8-9-29)16-40-26)17-6-7-22(33-14-17)39-12-4-11-35-10-3-2-5-20(35)27(31)37/h6-7,13-15,20H,2-5,8-12,16H2,1H3,(H2,31,37). The zero-order valence-electron chi connectivity index (χ0n) is 22.4. The first-order valence-corrected chi connectivity index (χ1v) is 13.9. The number of rotatable bonds is 7. The second-order valence-corrected chi connectivity index (χ2v) is 11.2. The maximum atomic E-state index is 15.6. The molecule has 1 atom stereocenters. The molecule has 10 nitrogen and oxygen atoms in total. The topological polar surface area (TPSA) is 118 Å². The molecule has 1 spiro atoms. The zero-order valence-corrected chi connectivity index (χ0v) is 22.4. The highest BCUT2D eigenvalue weighted by atomic mass is 19.1. The monoisotopic (exact) mass is 546 g/mol. The van der Waals surface area contributed by atoms with Crippen molar-refractivity contribution in [1.82, 2.24) is 24.0 Å². The fraction of sp³-hybridized carbons (Fsp3) is 0.448. The van der Waals surface area contributed by atoms with Crippen molar-refractivity contribution in [2.45, 2.75) is 50.1 Å². The van der Waals surface area contributed by atoms with Gasteiger partial charge in [0, 0.05) is 37.5 Å². The van der Waals surface area contributed by atoms with Gasteiger partial charge in [0.15, 0.2) is 0 Å². The van der Waals surface area contributed by atoms with Crippen LogP contribution in [0.3, 0.4) is 0 Å². The summed E-state index contributed by atoms with van der Waals surface area (Å²) in [5, 5.41) is 0.641. The maximum absolute atomic E-state index is 15.6. The van der Waals surface area contributed by atoms with Crippen molar-refractivity contribution in [2.75, 3.05) is 26.3 Å². The molecule has 5 heterocycles. The molecule has 3 aliphatic rings. The van der Waals surface area contributed by atoms with Crippen LogP contribution in [0.15, 0.2) is 35.4 Å². The van der Waals surface area contributed by atoms with Crippen LogP contribution in [-0.2, 0) is 17.4 Å². The Morgan fingerprint density at radius 2 is 2.10 bits per heavy atom. The Morgan fingerprint density at radius 3 is 2.85 bits per heavy atom. The van der Waals surface area contributed by atoms with E-state index < -0.39 is 11.4 Å². The van der Waals surface area contributed by atoms with Crippen molar-refractivity contribution in [1.29, 1.82) is 0 Å². The van der Waals surface area contributed by atoms with Crippen LogP contribution in [0.2, 0.25) is 0 Å². The van der Waals surface area contributed by atoms with E-state index in [2.05, 4.69) is 14.9 Å². The number of nitrogens with zero attached hydrogens (tertiary/aromatic N) is 5. The minimum atomic E-state index is -0.466. The van der Waals surface area contributed by atoms with Crippen molar-refractivity contribution in [3.05, 3.63) is 46.9 Å². The number of aryl methyl sites for hydroxylation is 1. The van der Waals surface area contributed by atoms with Crippen LogP contribution in [-0.4, -0.2) is 62.3 Å². The summed E-state index contributed by atoms with van der Waals surface area (Å²) in [4.78, 5) is 36.0. The lowest BCUT2D eigenvalue weighted by Crippen LogP contribution is -2.48. The number of nitrogens with two attached hydrogens (primary N) is 1. The van der Waals surface area contributed by atoms with E-state index in [-0.39, 0.29) is 24.2 Å². The summed E-state index contributed by atoms with van der Waals surface area (Å²) >= 11 is 0. The molecule has 0 radical (unpaired) electrons. The Kier molecular flexibility index (Phi) is 5.81. The second kappa shape index (κ2) is 9.29. The van der Waals surface area contributed by atoms with Crippen LogP contribution in [0.4, 0.5) is 4.39 Å². The number of pyridine rings is 2. The van der Waals surface area contributed by atoms with Gasteiger partial charge in [-0.3, -0.25) is 23.8 Å². The highest BCUT2D eigenvalue weighted by molar-refractivity contribution is 6.09. The van der Waals surface area contributed by atoms with E-state index in [4.69, 9.17) is 15.2 Å². The summed E-state index contributed by atoms with van der Waals surface area (Å²) in [7, 11) is 1.74. The van der Waals surface area contributed by atoms with E-state index in [9.17, 15) is 9.59 Å². The van der Waals surface area contributed by atoms with E-state index >= 15 is 4.39 Å². The fourth-order valence-electron chi connectivity index (χ4n) is 6.36. The van der Waals surface area contributed by atoms with Crippen LogP contribution in [0.25, 0.3) is 33.1 Å². The molecule has 4 aromatic rings. The van der Waals surface area contributed by atoms with Crippen LogP contribution in [0.1, 0.15) is 38.5 Å². The highest BCUT2D eigenvalue weighted by Crippen LogP contribution is 2.51. The molecule has 1 aliphatic carbocycles. The van der Waals surface area contributed by atoms with E-state index in [0.29, 0.717) is 45.8 Å². The molecule has 1 aromatic carbocycles. The third kappa shape index (κ3) is 3.86. The van der Waals surface area contributed by atoms with Crippen molar-refractivity contribution in [3.8, 4) is 22.8 Å². The van der Waals surface area contributed by atoms with Crippen molar-refractivity contribution < 1.29 is 18.7 Å². The summed E-state index contributed by atoms with van der Waals surface area (Å²) < 4.78 is 31.2. The third-order valence-corrected chi connectivity index (χ3v) is 8.67. The van der Waals surface area contributed by atoms with Gasteiger partial charge in [-0.25, -0.2) is 14.2 Å². The Morgan fingerprint density at radius 1 is 1.25 bits per heavy atom. The lowest BCUT2D eigenvalue weighted by Gasteiger charge is -2.33. The largest absolute Gasteiger partial charge is 0.490 e. The number of imidazole rings is 1. The number of carbonyl (C=O) groups is 1. The van der Waals surface area contributed by atoms with Crippen molar-refractivity contribution in [2.24, 2.45) is 12.8 Å². The number of carbonyl (C=O) groups excluding carboxylic acids is 1. The third-order valence-electron chi connectivity index (χ3n) is 8.67. The first-order chi connectivity index (χ1) is 19.4. The average Bonchev–Trinajstić information content (AvgIpc) is 3.71. The molecule has 2 fully saturated rings. The van der Waals surface area contributed by atoms with Gasteiger partial charge in [-0.2, -0.15) is 0 Å². The molecule has 208 valence electrons. The molecule has 0 bridgehead atoms. The first-order valence-electron chi connectivity index (χ1n) is 13.9. The van der Waals surface area contributed by atoms with Gasteiger partial charge in [-0.15, -0.1) is 0 Å². The zero-order chi connectivity index (χ0) is 27.6. The average molecular weight is 547 g/mol. The molecule has 11 heteroatoms. The number of aromatic nitrogens is 4. The van der Waals surface area contributed by atoms with E-state index in [1.54, 1.807) is 36.1 Å². The number of hydrogen-bond donors (Lipinski definition) is 1. The van der Waals surface area contributed by atoms with Crippen LogP contribution >= 0.6 is 0 Å². The Labute approximate surface area is 229 Å². The number of likely N-dealkylation sites (tertiary alicyclic amines) is 1. The fourth-order valence-corrected chi connectivity index (χ4v) is 6.36. The van der Waals surface area contributed by atoms with Gasteiger partial charge in [-0.1, -0.05) is 6.42 Å². The molecule has 1 amide bonds.